The molecule has 2 aromatic rings. The Morgan fingerprint density at radius 2 is 1.86 bits per heavy atom. The number of carbonyl (C=O) groups excluding carboxylic acids is 1. The SMILES string of the molecule is O=C(O)c1ccc(CNC(=O)C2(c3ccc(F)cc3)CC2)s1. The Labute approximate surface area is 130 Å². The minimum absolute atomic E-state index is 0.0932. The maximum Gasteiger partial charge on any atom is 0.345 e. The van der Waals surface area contributed by atoms with Crippen molar-refractivity contribution in [2.45, 2.75) is 24.8 Å². The highest BCUT2D eigenvalue weighted by molar-refractivity contribution is 7.13. The van der Waals surface area contributed by atoms with E-state index < -0.39 is 11.4 Å². The van der Waals surface area contributed by atoms with Gasteiger partial charge in [-0.1, -0.05) is 12.1 Å². The molecule has 1 aliphatic carbocycles. The lowest BCUT2D eigenvalue weighted by molar-refractivity contribution is -0.123. The summed E-state index contributed by atoms with van der Waals surface area (Å²) in [5, 5.41) is 11.7. The lowest BCUT2D eigenvalue weighted by Gasteiger charge is -2.15. The molecule has 0 spiro atoms. The van der Waals surface area contributed by atoms with E-state index in [0.29, 0.717) is 6.54 Å². The number of amides is 1. The minimum atomic E-state index is -0.965. The maximum atomic E-state index is 13.0. The summed E-state index contributed by atoms with van der Waals surface area (Å²) in [5.74, 6) is -1.38. The number of aromatic carboxylic acids is 1. The van der Waals surface area contributed by atoms with Crippen molar-refractivity contribution < 1.29 is 19.1 Å². The zero-order valence-corrected chi connectivity index (χ0v) is 12.5. The Bertz CT molecular complexity index is 719. The van der Waals surface area contributed by atoms with Gasteiger partial charge in [0.25, 0.3) is 0 Å². The molecule has 1 fully saturated rings. The molecule has 0 atom stereocenters. The Morgan fingerprint density at radius 1 is 1.18 bits per heavy atom. The highest BCUT2D eigenvalue weighted by Crippen LogP contribution is 2.48. The topological polar surface area (TPSA) is 66.4 Å². The predicted octanol–water partition coefficient (Wildman–Crippen LogP) is 2.93. The van der Waals surface area contributed by atoms with Crippen LogP contribution in [0.1, 0.15) is 33.0 Å². The van der Waals surface area contributed by atoms with Gasteiger partial charge < -0.3 is 10.4 Å². The third-order valence-electron chi connectivity index (χ3n) is 3.88. The van der Waals surface area contributed by atoms with Gasteiger partial charge in [-0.3, -0.25) is 4.79 Å². The highest BCUT2D eigenvalue weighted by atomic mass is 32.1. The summed E-state index contributed by atoms with van der Waals surface area (Å²) in [6.07, 6.45) is 1.49. The summed E-state index contributed by atoms with van der Waals surface area (Å²) in [5.41, 5.74) is 0.268. The molecule has 1 heterocycles. The Morgan fingerprint density at radius 3 is 2.41 bits per heavy atom. The van der Waals surface area contributed by atoms with E-state index in [2.05, 4.69) is 5.32 Å². The van der Waals surface area contributed by atoms with Crippen LogP contribution in [0.3, 0.4) is 0 Å². The molecular weight excluding hydrogens is 305 g/mol. The fourth-order valence-electron chi connectivity index (χ4n) is 2.47. The molecule has 2 N–H and O–H groups in total. The first kappa shape index (κ1) is 14.7. The summed E-state index contributed by atoms with van der Waals surface area (Å²) in [6.45, 7) is 0.305. The van der Waals surface area contributed by atoms with Gasteiger partial charge in [-0.15, -0.1) is 11.3 Å². The molecule has 0 radical (unpaired) electrons. The Balaban J connectivity index is 1.66. The second kappa shape index (κ2) is 5.53. The Hall–Kier alpha value is -2.21. The molecule has 114 valence electrons. The zero-order valence-electron chi connectivity index (χ0n) is 11.6. The number of carboxylic acid groups (broad SMARTS) is 1. The number of hydrogen-bond donors (Lipinski definition) is 2. The van der Waals surface area contributed by atoms with Crippen LogP contribution in [0.25, 0.3) is 0 Å². The maximum absolute atomic E-state index is 13.0. The number of halogens is 1. The third kappa shape index (κ3) is 2.74. The molecule has 0 bridgehead atoms. The van der Waals surface area contributed by atoms with E-state index in [1.54, 1.807) is 18.2 Å². The molecule has 0 saturated heterocycles. The first-order valence-electron chi connectivity index (χ1n) is 6.88. The quantitative estimate of drug-likeness (QED) is 0.890. The van der Waals surface area contributed by atoms with Crippen molar-refractivity contribution in [1.82, 2.24) is 5.32 Å². The molecule has 1 saturated carbocycles. The summed E-state index contributed by atoms with van der Waals surface area (Å²) in [6, 6.07) is 9.25. The van der Waals surface area contributed by atoms with Crippen LogP contribution in [0.5, 0.6) is 0 Å². The molecular formula is C16H14FNO3S. The second-order valence-corrected chi connectivity index (χ2v) is 6.51. The van der Waals surface area contributed by atoms with E-state index in [4.69, 9.17) is 5.11 Å². The van der Waals surface area contributed by atoms with Gasteiger partial charge in [-0.05, 0) is 42.7 Å². The normalized spacial score (nSPS) is 15.3. The van der Waals surface area contributed by atoms with E-state index >= 15 is 0 Å². The van der Waals surface area contributed by atoms with Crippen LogP contribution < -0.4 is 5.32 Å². The van der Waals surface area contributed by atoms with Crippen molar-refractivity contribution in [2.75, 3.05) is 0 Å². The van der Waals surface area contributed by atoms with Crippen molar-refractivity contribution in [3.8, 4) is 0 Å². The zero-order chi connectivity index (χ0) is 15.7. The summed E-state index contributed by atoms with van der Waals surface area (Å²) in [7, 11) is 0. The Kier molecular flexibility index (Phi) is 3.70. The molecule has 1 amide bonds. The van der Waals surface area contributed by atoms with Gasteiger partial charge in [-0.2, -0.15) is 0 Å². The molecule has 1 aromatic carbocycles. The molecule has 22 heavy (non-hydrogen) atoms. The largest absolute Gasteiger partial charge is 0.477 e. The van der Waals surface area contributed by atoms with Crippen LogP contribution in [0.2, 0.25) is 0 Å². The van der Waals surface area contributed by atoms with Crippen LogP contribution >= 0.6 is 11.3 Å². The number of nitrogens with one attached hydrogen (secondary N) is 1. The van der Waals surface area contributed by atoms with Gasteiger partial charge in [-0.25, -0.2) is 9.18 Å². The molecule has 4 nitrogen and oxygen atoms in total. The summed E-state index contributed by atoms with van der Waals surface area (Å²) >= 11 is 1.15. The number of thiophene rings is 1. The first-order valence-corrected chi connectivity index (χ1v) is 7.69. The third-order valence-corrected chi connectivity index (χ3v) is 4.95. The van der Waals surface area contributed by atoms with Gasteiger partial charge in [0.05, 0.1) is 12.0 Å². The minimum Gasteiger partial charge on any atom is -0.477 e. The molecule has 3 rings (SSSR count). The van der Waals surface area contributed by atoms with Gasteiger partial charge in [0.2, 0.25) is 5.91 Å². The molecule has 6 heteroatoms. The van der Waals surface area contributed by atoms with Crippen molar-refractivity contribution >= 4 is 23.2 Å². The van der Waals surface area contributed by atoms with Crippen LogP contribution in [0.4, 0.5) is 4.39 Å². The van der Waals surface area contributed by atoms with E-state index in [1.165, 1.54) is 18.2 Å². The van der Waals surface area contributed by atoms with E-state index in [0.717, 1.165) is 34.6 Å². The number of carboxylic acids is 1. The first-order chi connectivity index (χ1) is 10.5. The lowest BCUT2D eigenvalue weighted by atomic mass is 9.95. The smallest absolute Gasteiger partial charge is 0.345 e. The van der Waals surface area contributed by atoms with Gasteiger partial charge in [0, 0.05) is 4.88 Å². The lowest BCUT2D eigenvalue weighted by Crippen LogP contribution is -2.34. The predicted molar refractivity (Wildman–Crippen MR) is 80.4 cm³/mol. The molecule has 1 aromatic heterocycles. The number of benzene rings is 1. The van der Waals surface area contributed by atoms with Crippen molar-refractivity contribution in [1.29, 1.82) is 0 Å². The van der Waals surface area contributed by atoms with Crippen LogP contribution in [0.15, 0.2) is 36.4 Å². The molecule has 0 aliphatic heterocycles. The van der Waals surface area contributed by atoms with Crippen LogP contribution in [0, 0.1) is 5.82 Å². The molecule has 0 unspecified atom stereocenters. The summed E-state index contributed by atoms with van der Waals surface area (Å²) < 4.78 is 13.0. The molecule has 1 aliphatic rings. The fraction of sp³-hybridized carbons (Fsp3) is 0.250. The standard InChI is InChI=1S/C16H14FNO3S/c17-11-3-1-10(2-4-11)16(7-8-16)15(21)18-9-12-5-6-13(22-12)14(19)20/h1-6H,7-9H2,(H,18,21)(H,19,20). The van der Waals surface area contributed by atoms with Crippen molar-refractivity contribution in [3.63, 3.8) is 0 Å². The average Bonchev–Trinajstić information content (AvgIpc) is 3.17. The second-order valence-electron chi connectivity index (χ2n) is 5.34. The highest BCUT2D eigenvalue weighted by Gasteiger charge is 2.51. The van der Waals surface area contributed by atoms with E-state index in [9.17, 15) is 14.0 Å². The van der Waals surface area contributed by atoms with Gasteiger partial charge in [0.1, 0.15) is 10.7 Å². The van der Waals surface area contributed by atoms with Crippen molar-refractivity contribution in [3.05, 3.63) is 57.5 Å². The van der Waals surface area contributed by atoms with Crippen LogP contribution in [-0.4, -0.2) is 17.0 Å². The average molecular weight is 319 g/mol. The number of hydrogen-bond acceptors (Lipinski definition) is 3. The fourth-order valence-corrected chi connectivity index (χ4v) is 3.25. The van der Waals surface area contributed by atoms with Crippen LogP contribution in [-0.2, 0) is 16.8 Å². The van der Waals surface area contributed by atoms with Crippen molar-refractivity contribution in [2.24, 2.45) is 0 Å². The number of carbonyl (C=O) groups is 2. The van der Waals surface area contributed by atoms with E-state index in [1.807, 2.05) is 0 Å². The monoisotopic (exact) mass is 319 g/mol. The number of rotatable bonds is 5. The van der Waals surface area contributed by atoms with Gasteiger partial charge in [0.15, 0.2) is 0 Å². The summed E-state index contributed by atoms with van der Waals surface area (Å²) in [4.78, 5) is 24.3. The van der Waals surface area contributed by atoms with Gasteiger partial charge >= 0.3 is 5.97 Å². The van der Waals surface area contributed by atoms with E-state index in [-0.39, 0.29) is 16.6 Å².